The molecule has 1 saturated heterocycles. The number of nitrogens with one attached hydrogen (secondary N) is 2. The summed E-state index contributed by atoms with van der Waals surface area (Å²) in [5, 5.41) is 6.52. The molecule has 0 spiro atoms. The average molecular weight is 429 g/mol. The van der Waals surface area contributed by atoms with E-state index in [2.05, 4.69) is 15.8 Å². The van der Waals surface area contributed by atoms with Crippen molar-refractivity contribution in [1.82, 2.24) is 10.3 Å². The van der Waals surface area contributed by atoms with E-state index in [0.29, 0.717) is 22.0 Å². The summed E-state index contributed by atoms with van der Waals surface area (Å²) in [5.41, 5.74) is 3.03. The molecule has 1 aliphatic heterocycles. The van der Waals surface area contributed by atoms with Crippen LogP contribution in [0, 0.1) is 0 Å². The molecule has 0 atom stereocenters. The molecule has 0 aromatic heterocycles. The van der Waals surface area contributed by atoms with Crippen LogP contribution in [0.1, 0.15) is 18.4 Å². The second-order valence-electron chi connectivity index (χ2n) is 6.55. The summed E-state index contributed by atoms with van der Waals surface area (Å²) in [5.74, 6) is -1.47. The van der Waals surface area contributed by atoms with Crippen molar-refractivity contribution >= 4 is 41.2 Å². The first-order chi connectivity index (χ1) is 14.5. The van der Waals surface area contributed by atoms with Gasteiger partial charge in [-0.3, -0.25) is 14.4 Å². The summed E-state index contributed by atoms with van der Waals surface area (Å²) in [6.07, 6.45) is 3.37. The monoisotopic (exact) mass is 428 g/mol. The Hall–Kier alpha value is -3.39. The minimum Gasteiger partial charge on any atom is -0.483 e. The fourth-order valence-corrected chi connectivity index (χ4v) is 3.05. The first kappa shape index (κ1) is 21.3. The fourth-order valence-electron chi connectivity index (χ4n) is 2.87. The maximum atomic E-state index is 12.1. The van der Waals surface area contributed by atoms with Crippen LogP contribution in [0.25, 0.3) is 0 Å². The number of amides is 3. The molecule has 0 aliphatic carbocycles. The third-order valence-electron chi connectivity index (χ3n) is 4.43. The highest BCUT2D eigenvalue weighted by Crippen LogP contribution is 2.20. The maximum absolute atomic E-state index is 12.1. The molecular weight excluding hydrogens is 408 g/mol. The number of para-hydroxylation sites is 2. The Balaban J connectivity index is 1.54. The molecule has 156 valence electrons. The van der Waals surface area contributed by atoms with Gasteiger partial charge in [0.2, 0.25) is 0 Å². The first-order valence-electron chi connectivity index (χ1n) is 9.43. The number of hydrogen-bond donors (Lipinski definition) is 2. The van der Waals surface area contributed by atoms with Gasteiger partial charge in [0.1, 0.15) is 5.75 Å². The molecule has 0 unspecified atom stereocenters. The molecule has 2 N–H and O–H groups in total. The summed E-state index contributed by atoms with van der Waals surface area (Å²) in [4.78, 5) is 37.8. The lowest BCUT2D eigenvalue weighted by Crippen LogP contribution is -2.32. The zero-order chi connectivity index (χ0) is 21.3. The van der Waals surface area contributed by atoms with Gasteiger partial charge in [-0.1, -0.05) is 35.9 Å². The van der Waals surface area contributed by atoms with E-state index in [1.165, 1.54) is 6.21 Å². The Bertz CT molecular complexity index is 958. The standard InChI is InChI=1S/C21H21ClN4O4/c22-16-8-2-3-9-17(16)24-20(28)21(29)25-23-13-15-7-1-4-10-18(15)30-14-19(27)26-11-5-6-12-26/h1-4,7-10,13H,5-6,11-12,14H2,(H,24,28)(H,25,29)/b23-13-. The van der Waals surface area contributed by atoms with E-state index in [4.69, 9.17) is 16.3 Å². The highest BCUT2D eigenvalue weighted by atomic mass is 35.5. The van der Waals surface area contributed by atoms with Crippen LogP contribution in [0.4, 0.5) is 5.69 Å². The lowest BCUT2D eigenvalue weighted by Gasteiger charge is -2.16. The van der Waals surface area contributed by atoms with Gasteiger partial charge in [-0.25, -0.2) is 5.43 Å². The van der Waals surface area contributed by atoms with Crippen LogP contribution in [0.5, 0.6) is 5.75 Å². The molecule has 9 heteroatoms. The number of carbonyl (C=O) groups is 3. The quantitative estimate of drug-likeness (QED) is 0.419. The van der Waals surface area contributed by atoms with E-state index >= 15 is 0 Å². The van der Waals surface area contributed by atoms with Crippen molar-refractivity contribution in [1.29, 1.82) is 0 Å². The van der Waals surface area contributed by atoms with E-state index in [-0.39, 0.29) is 12.5 Å². The number of carbonyl (C=O) groups excluding carboxylic acids is 3. The maximum Gasteiger partial charge on any atom is 0.329 e. The normalized spacial score (nSPS) is 13.3. The zero-order valence-electron chi connectivity index (χ0n) is 16.1. The topological polar surface area (TPSA) is 100 Å². The van der Waals surface area contributed by atoms with Gasteiger partial charge in [0, 0.05) is 18.7 Å². The van der Waals surface area contributed by atoms with E-state index in [1.807, 2.05) is 0 Å². The smallest absolute Gasteiger partial charge is 0.329 e. The van der Waals surface area contributed by atoms with Crippen molar-refractivity contribution in [3.63, 3.8) is 0 Å². The number of likely N-dealkylation sites (tertiary alicyclic amines) is 1. The number of rotatable bonds is 6. The number of anilines is 1. The van der Waals surface area contributed by atoms with Gasteiger partial charge in [0.25, 0.3) is 5.91 Å². The predicted molar refractivity (Wildman–Crippen MR) is 114 cm³/mol. The number of hydrogen-bond acceptors (Lipinski definition) is 5. The summed E-state index contributed by atoms with van der Waals surface area (Å²) in [6.45, 7) is 1.44. The molecule has 8 nitrogen and oxygen atoms in total. The van der Waals surface area contributed by atoms with Gasteiger partial charge in [0.05, 0.1) is 16.9 Å². The van der Waals surface area contributed by atoms with E-state index in [1.54, 1.807) is 53.4 Å². The highest BCUT2D eigenvalue weighted by molar-refractivity contribution is 6.41. The summed E-state index contributed by atoms with van der Waals surface area (Å²) in [7, 11) is 0. The third-order valence-corrected chi connectivity index (χ3v) is 4.76. The summed E-state index contributed by atoms with van der Waals surface area (Å²) < 4.78 is 5.62. The lowest BCUT2D eigenvalue weighted by molar-refractivity contribution is -0.136. The minimum absolute atomic E-state index is 0.0659. The Kier molecular flexibility index (Phi) is 7.40. The van der Waals surface area contributed by atoms with Crippen LogP contribution in [-0.2, 0) is 14.4 Å². The minimum atomic E-state index is -0.950. The largest absolute Gasteiger partial charge is 0.483 e. The summed E-state index contributed by atoms with van der Waals surface area (Å²) in [6, 6.07) is 13.5. The second-order valence-corrected chi connectivity index (χ2v) is 6.95. The van der Waals surface area contributed by atoms with Crippen molar-refractivity contribution in [3.8, 4) is 5.75 Å². The number of nitrogens with zero attached hydrogens (tertiary/aromatic N) is 2. The molecule has 0 bridgehead atoms. The Morgan fingerprint density at radius 2 is 1.73 bits per heavy atom. The van der Waals surface area contributed by atoms with Crippen LogP contribution in [0.15, 0.2) is 53.6 Å². The molecule has 1 heterocycles. The molecule has 1 fully saturated rings. The van der Waals surface area contributed by atoms with Crippen molar-refractivity contribution in [2.75, 3.05) is 25.0 Å². The van der Waals surface area contributed by atoms with Crippen molar-refractivity contribution in [2.24, 2.45) is 5.10 Å². The van der Waals surface area contributed by atoms with Gasteiger partial charge >= 0.3 is 11.8 Å². The van der Waals surface area contributed by atoms with Crippen molar-refractivity contribution in [2.45, 2.75) is 12.8 Å². The van der Waals surface area contributed by atoms with E-state index < -0.39 is 11.8 Å². The lowest BCUT2D eigenvalue weighted by atomic mass is 10.2. The molecule has 3 rings (SSSR count). The van der Waals surface area contributed by atoms with Gasteiger partial charge < -0.3 is 15.0 Å². The molecule has 2 aromatic rings. The van der Waals surface area contributed by atoms with E-state index in [0.717, 1.165) is 25.9 Å². The number of benzene rings is 2. The number of halogens is 1. The Labute approximate surface area is 178 Å². The van der Waals surface area contributed by atoms with Crippen LogP contribution in [-0.4, -0.2) is 48.5 Å². The van der Waals surface area contributed by atoms with Crippen LogP contribution >= 0.6 is 11.6 Å². The third kappa shape index (κ3) is 5.81. The van der Waals surface area contributed by atoms with Crippen molar-refractivity contribution < 1.29 is 19.1 Å². The molecular formula is C21H21ClN4O4. The molecule has 0 saturated carbocycles. The van der Waals surface area contributed by atoms with Gasteiger partial charge in [-0.05, 0) is 37.1 Å². The SMILES string of the molecule is O=C(N/N=C\c1ccccc1OCC(=O)N1CCCC1)C(=O)Nc1ccccc1Cl. The predicted octanol–water partition coefficient (Wildman–Crippen LogP) is 2.43. The number of ether oxygens (including phenoxy) is 1. The van der Waals surface area contributed by atoms with Crippen LogP contribution in [0.2, 0.25) is 5.02 Å². The van der Waals surface area contributed by atoms with Gasteiger partial charge in [-0.2, -0.15) is 5.10 Å². The number of hydrazone groups is 1. The zero-order valence-corrected chi connectivity index (χ0v) is 16.9. The van der Waals surface area contributed by atoms with Crippen LogP contribution < -0.4 is 15.5 Å². The Morgan fingerprint density at radius 3 is 2.50 bits per heavy atom. The molecule has 0 radical (unpaired) electrons. The fraction of sp³-hybridized carbons (Fsp3) is 0.238. The average Bonchev–Trinajstić information content (AvgIpc) is 3.29. The first-order valence-corrected chi connectivity index (χ1v) is 9.81. The van der Waals surface area contributed by atoms with Gasteiger partial charge in [-0.15, -0.1) is 0 Å². The Morgan fingerprint density at radius 1 is 1.03 bits per heavy atom. The van der Waals surface area contributed by atoms with Gasteiger partial charge in [0.15, 0.2) is 6.61 Å². The molecule has 1 aliphatic rings. The summed E-state index contributed by atoms with van der Waals surface area (Å²) >= 11 is 5.95. The highest BCUT2D eigenvalue weighted by Gasteiger charge is 2.18. The molecule has 2 aromatic carbocycles. The molecule has 30 heavy (non-hydrogen) atoms. The molecule has 3 amide bonds. The second kappa shape index (κ2) is 10.4. The van der Waals surface area contributed by atoms with Crippen molar-refractivity contribution in [3.05, 3.63) is 59.1 Å². The van der Waals surface area contributed by atoms with E-state index in [9.17, 15) is 14.4 Å². The van der Waals surface area contributed by atoms with Crippen LogP contribution in [0.3, 0.4) is 0 Å².